The van der Waals surface area contributed by atoms with Crippen molar-refractivity contribution in [3.63, 3.8) is 0 Å². The second kappa shape index (κ2) is 10.7. The summed E-state index contributed by atoms with van der Waals surface area (Å²) in [6, 6.07) is 12.4. The van der Waals surface area contributed by atoms with Crippen LogP contribution in [0.15, 0.2) is 53.4 Å². The van der Waals surface area contributed by atoms with Gasteiger partial charge in [-0.1, -0.05) is 12.1 Å². The summed E-state index contributed by atoms with van der Waals surface area (Å²) >= 11 is 0. The summed E-state index contributed by atoms with van der Waals surface area (Å²) in [5, 5.41) is 2.64. The van der Waals surface area contributed by atoms with Crippen molar-refractivity contribution in [2.24, 2.45) is 0 Å². The van der Waals surface area contributed by atoms with E-state index in [1.54, 1.807) is 25.1 Å². The molecule has 9 nitrogen and oxygen atoms in total. The summed E-state index contributed by atoms with van der Waals surface area (Å²) in [7, 11) is 0.0559. The number of anilines is 2. The zero-order valence-electron chi connectivity index (χ0n) is 20.9. The van der Waals surface area contributed by atoms with Crippen LogP contribution in [-0.2, 0) is 14.8 Å². The molecular weight excluding hydrogens is 484 g/mol. The van der Waals surface area contributed by atoms with Crippen LogP contribution < -0.4 is 19.5 Å². The van der Waals surface area contributed by atoms with Crippen LogP contribution in [0.25, 0.3) is 0 Å². The van der Waals surface area contributed by atoms with Gasteiger partial charge in [-0.15, -0.1) is 0 Å². The number of carbonyl (C=O) groups excluding carboxylic acids is 2. The molecule has 2 N–H and O–H groups in total. The van der Waals surface area contributed by atoms with Crippen molar-refractivity contribution in [3.05, 3.63) is 76.3 Å². The molecule has 3 aromatic carbocycles. The van der Waals surface area contributed by atoms with Gasteiger partial charge in [-0.2, -0.15) is 0 Å². The highest BCUT2D eigenvalue weighted by molar-refractivity contribution is 7.92. The Morgan fingerprint density at radius 3 is 2.03 bits per heavy atom. The molecule has 3 aromatic rings. The first kappa shape index (κ1) is 26.6. The predicted molar refractivity (Wildman–Crippen MR) is 137 cm³/mol. The number of amides is 1. The Balaban J connectivity index is 1.97. The first-order valence-electron chi connectivity index (χ1n) is 10.9. The molecular formula is C26H28N2O7S. The van der Waals surface area contributed by atoms with E-state index in [1.165, 1.54) is 45.6 Å². The molecule has 0 aliphatic rings. The highest BCUT2D eigenvalue weighted by Gasteiger charge is 2.22. The van der Waals surface area contributed by atoms with E-state index >= 15 is 0 Å². The number of esters is 1. The van der Waals surface area contributed by atoms with Gasteiger partial charge in [0.05, 0.1) is 37.5 Å². The highest BCUT2D eigenvalue weighted by atomic mass is 32.2. The van der Waals surface area contributed by atoms with E-state index in [9.17, 15) is 18.0 Å². The summed E-state index contributed by atoms with van der Waals surface area (Å²) in [5.74, 6) is -0.770. The first-order chi connectivity index (χ1) is 17.0. The second-order valence-corrected chi connectivity index (χ2v) is 9.73. The number of methoxy groups -OCH3 is 3. The van der Waals surface area contributed by atoms with E-state index in [1.807, 2.05) is 19.9 Å². The Kier molecular flexibility index (Phi) is 7.89. The third-order valence-corrected chi connectivity index (χ3v) is 7.20. The van der Waals surface area contributed by atoms with E-state index in [2.05, 4.69) is 10.0 Å². The fourth-order valence-electron chi connectivity index (χ4n) is 3.50. The van der Waals surface area contributed by atoms with E-state index < -0.39 is 21.9 Å². The van der Waals surface area contributed by atoms with Gasteiger partial charge in [-0.3, -0.25) is 9.52 Å². The third-order valence-electron chi connectivity index (χ3n) is 5.68. The van der Waals surface area contributed by atoms with Crippen LogP contribution >= 0.6 is 0 Å². The molecule has 0 saturated heterocycles. The fraction of sp³-hybridized carbons (Fsp3) is 0.231. The minimum Gasteiger partial charge on any atom is -0.493 e. The van der Waals surface area contributed by atoms with Crippen LogP contribution in [0.1, 0.15) is 37.4 Å². The summed E-state index contributed by atoms with van der Waals surface area (Å²) in [6.45, 7) is 5.46. The van der Waals surface area contributed by atoms with Crippen LogP contribution in [0.3, 0.4) is 0 Å². The van der Waals surface area contributed by atoms with E-state index in [0.29, 0.717) is 11.3 Å². The van der Waals surface area contributed by atoms with Crippen molar-refractivity contribution in [3.8, 4) is 11.5 Å². The lowest BCUT2D eigenvalue weighted by atomic mass is 10.1. The molecule has 0 radical (unpaired) electrons. The molecule has 0 bridgehead atoms. The molecule has 0 aliphatic heterocycles. The lowest BCUT2D eigenvalue weighted by Crippen LogP contribution is -2.18. The number of carbonyl (C=O) groups is 2. The van der Waals surface area contributed by atoms with Crippen molar-refractivity contribution in [2.45, 2.75) is 25.7 Å². The van der Waals surface area contributed by atoms with Crippen molar-refractivity contribution >= 4 is 33.3 Å². The molecule has 36 heavy (non-hydrogen) atoms. The maximum atomic E-state index is 13.2. The molecule has 0 heterocycles. The average molecular weight is 513 g/mol. The van der Waals surface area contributed by atoms with Gasteiger partial charge in [0.25, 0.3) is 15.9 Å². The third kappa shape index (κ3) is 5.60. The molecule has 1 amide bonds. The number of benzene rings is 3. The van der Waals surface area contributed by atoms with Crippen molar-refractivity contribution < 1.29 is 32.2 Å². The minimum atomic E-state index is -3.99. The quantitative estimate of drug-likeness (QED) is 0.427. The summed E-state index contributed by atoms with van der Waals surface area (Å²) in [5.41, 5.74) is 3.09. The van der Waals surface area contributed by atoms with Gasteiger partial charge < -0.3 is 19.5 Å². The van der Waals surface area contributed by atoms with Crippen LogP contribution in [0.4, 0.5) is 11.4 Å². The summed E-state index contributed by atoms with van der Waals surface area (Å²) in [6.07, 6.45) is 0. The topological polar surface area (TPSA) is 120 Å². The monoisotopic (exact) mass is 512 g/mol. The normalized spacial score (nSPS) is 10.9. The summed E-state index contributed by atoms with van der Waals surface area (Å²) in [4.78, 5) is 25.4. The standard InChI is InChI=1S/C26H28N2O7S/c1-15-8-10-19(11-17(15)3)28-36(31,32)24-12-18(9-7-16(24)2)25(29)27-21-14-23(34-5)22(33-4)13-20(21)26(30)35-6/h7-14,28H,1-6H3,(H,27,29). The van der Waals surface area contributed by atoms with Gasteiger partial charge in [0.2, 0.25) is 0 Å². The van der Waals surface area contributed by atoms with Crippen LogP contribution in [0.2, 0.25) is 0 Å². The molecule has 0 aromatic heterocycles. The molecule has 0 unspecified atom stereocenters. The number of rotatable bonds is 8. The van der Waals surface area contributed by atoms with Gasteiger partial charge in [0, 0.05) is 23.4 Å². The van der Waals surface area contributed by atoms with Crippen LogP contribution in [-0.4, -0.2) is 41.6 Å². The lowest BCUT2D eigenvalue weighted by molar-refractivity contribution is 0.0601. The number of hydrogen-bond acceptors (Lipinski definition) is 7. The number of hydrogen-bond donors (Lipinski definition) is 2. The van der Waals surface area contributed by atoms with Crippen molar-refractivity contribution in [1.29, 1.82) is 0 Å². The van der Waals surface area contributed by atoms with Crippen LogP contribution in [0.5, 0.6) is 11.5 Å². The Morgan fingerprint density at radius 1 is 0.778 bits per heavy atom. The van der Waals surface area contributed by atoms with Gasteiger partial charge in [-0.05, 0) is 61.7 Å². The van der Waals surface area contributed by atoms with Crippen molar-refractivity contribution in [1.82, 2.24) is 0 Å². The number of ether oxygens (including phenoxy) is 3. The SMILES string of the molecule is COC(=O)c1cc(OC)c(OC)cc1NC(=O)c1ccc(C)c(S(=O)(=O)Nc2ccc(C)c(C)c2)c1. The predicted octanol–water partition coefficient (Wildman–Crippen LogP) is 4.47. The second-order valence-electron chi connectivity index (χ2n) is 8.08. The van der Waals surface area contributed by atoms with Crippen LogP contribution in [0, 0.1) is 20.8 Å². The molecule has 0 fully saturated rings. The zero-order chi connectivity index (χ0) is 26.6. The Bertz CT molecular complexity index is 1430. The van der Waals surface area contributed by atoms with Gasteiger partial charge in [-0.25, -0.2) is 13.2 Å². The average Bonchev–Trinajstić information content (AvgIpc) is 2.85. The smallest absolute Gasteiger partial charge is 0.340 e. The molecule has 0 atom stereocenters. The molecule has 3 rings (SSSR count). The molecule has 0 saturated carbocycles. The van der Waals surface area contributed by atoms with E-state index in [4.69, 9.17) is 14.2 Å². The Labute approximate surface area is 210 Å². The Hall–Kier alpha value is -4.05. The maximum Gasteiger partial charge on any atom is 0.340 e. The van der Waals surface area contributed by atoms with E-state index in [0.717, 1.165) is 11.1 Å². The van der Waals surface area contributed by atoms with E-state index in [-0.39, 0.29) is 33.2 Å². The molecule has 0 aliphatic carbocycles. The number of nitrogens with one attached hydrogen (secondary N) is 2. The first-order valence-corrected chi connectivity index (χ1v) is 12.4. The largest absolute Gasteiger partial charge is 0.493 e. The van der Waals surface area contributed by atoms with Gasteiger partial charge in [0.15, 0.2) is 11.5 Å². The molecule has 190 valence electrons. The Morgan fingerprint density at radius 2 is 1.42 bits per heavy atom. The van der Waals surface area contributed by atoms with Crippen molar-refractivity contribution in [2.75, 3.05) is 31.4 Å². The summed E-state index contributed by atoms with van der Waals surface area (Å²) < 4.78 is 44.2. The fourth-order valence-corrected chi connectivity index (χ4v) is 4.82. The minimum absolute atomic E-state index is 0.0415. The number of sulfonamides is 1. The number of aryl methyl sites for hydroxylation is 3. The lowest BCUT2D eigenvalue weighted by Gasteiger charge is -2.16. The zero-order valence-corrected chi connectivity index (χ0v) is 21.7. The highest BCUT2D eigenvalue weighted by Crippen LogP contribution is 2.34. The van der Waals surface area contributed by atoms with Gasteiger partial charge >= 0.3 is 5.97 Å². The molecule has 0 spiro atoms. The van der Waals surface area contributed by atoms with Gasteiger partial charge in [0.1, 0.15) is 0 Å². The molecule has 10 heteroatoms. The maximum absolute atomic E-state index is 13.2.